The number of nitrogens with two attached hydrogens (primary N) is 1. The van der Waals surface area contributed by atoms with Gasteiger partial charge in [0, 0.05) is 31.0 Å². The lowest BCUT2D eigenvalue weighted by Gasteiger charge is -2.23. The van der Waals surface area contributed by atoms with Crippen LogP contribution in [0.15, 0.2) is 54.6 Å². The average molecular weight is 294 g/mol. The van der Waals surface area contributed by atoms with Gasteiger partial charge >= 0.3 is 0 Å². The lowest BCUT2D eigenvalue weighted by Crippen LogP contribution is -2.31. The molecule has 0 aromatic heterocycles. The van der Waals surface area contributed by atoms with Crippen LogP contribution in [-0.4, -0.2) is 23.3 Å². The topological polar surface area (TPSA) is 63.4 Å². The summed E-state index contributed by atoms with van der Waals surface area (Å²) in [6, 6.07) is 17.4. The maximum absolute atomic E-state index is 12.5. The minimum Gasteiger partial charge on any atom is -0.370 e. The molecular weight excluding hydrogens is 276 g/mol. The van der Waals surface area contributed by atoms with E-state index < -0.39 is 0 Å². The molecule has 2 amide bonds. The zero-order valence-electron chi connectivity index (χ0n) is 12.2. The molecule has 4 heteroatoms. The number of rotatable bonds is 5. The molecule has 0 fully saturated rings. The predicted molar refractivity (Wildman–Crippen MR) is 84.2 cm³/mol. The Morgan fingerprint density at radius 2 is 1.77 bits per heavy atom. The average Bonchev–Trinajstić information content (AvgIpc) is 2.84. The van der Waals surface area contributed by atoms with Crippen LogP contribution in [0.2, 0.25) is 0 Å². The Labute approximate surface area is 129 Å². The van der Waals surface area contributed by atoms with Crippen molar-refractivity contribution >= 4 is 11.8 Å². The van der Waals surface area contributed by atoms with E-state index in [2.05, 4.69) is 0 Å². The number of hydrogen-bond acceptors (Lipinski definition) is 2. The van der Waals surface area contributed by atoms with E-state index in [4.69, 9.17) is 5.73 Å². The van der Waals surface area contributed by atoms with Crippen molar-refractivity contribution in [3.05, 3.63) is 71.3 Å². The normalized spacial score (nSPS) is 14.7. The van der Waals surface area contributed by atoms with Crippen LogP contribution in [0.5, 0.6) is 0 Å². The number of amides is 2. The lowest BCUT2D eigenvalue weighted by atomic mass is 9.95. The van der Waals surface area contributed by atoms with Crippen LogP contribution >= 0.6 is 0 Å². The zero-order chi connectivity index (χ0) is 15.5. The van der Waals surface area contributed by atoms with Gasteiger partial charge in [-0.1, -0.05) is 48.5 Å². The number of benzene rings is 2. The summed E-state index contributed by atoms with van der Waals surface area (Å²) in [5.41, 5.74) is 8.21. The Balaban J connectivity index is 1.80. The molecular formula is C18H18N2O2. The van der Waals surface area contributed by atoms with Crippen LogP contribution in [0.4, 0.5) is 0 Å². The highest BCUT2D eigenvalue weighted by Crippen LogP contribution is 2.27. The van der Waals surface area contributed by atoms with Gasteiger partial charge in [-0.05, 0) is 17.2 Å². The zero-order valence-corrected chi connectivity index (χ0v) is 12.2. The number of hydrogen-bond donors (Lipinski definition) is 1. The van der Waals surface area contributed by atoms with Crippen LogP contribution in [0.3, 0.4) is 0 Å². The third kappa shape index (κ3) is 2.86. The molecule has 1 unspecified atom stereocenters. The molecule has 22 heavy (non-hydrogen) atoms. The Bertz CT molecular complexity index is 697. The maximum Gasteiger partial charge on any atom is 0.254 e. The van der Waals surface area contributed by atoms with E-state index in [-0.39, 0.29) is 24.2 Å². The van der Waals surface area contributed by atoms with Crippen molar-refractivity contribution in [2.24, 2.45) is 5.73 Å². The number of carbonyl (C=O) groups excluding carboxylic acids is 2. The minimum atomic E-state index is -0.349. The summed E-state index contributed by atoms with van der Waals surface area (Å²) < 4.78 is 0. The first-order valence-corrected chi connectivity index (χ1v) is 7.35. The molecule has 2 aromatic rings. The van der Waals surface area contributed by atoms with E-state index in [1.54, 1.807) is 4.90 Å². The summed E-state index contributed by atoms with van der Waals surface area (Å²) in [4.78, 5) is 25.6. The highest BCUT2D eigenvalue weighted by molar-refractivity contribution is 5.98. The summed E-state index contributed by atoms with van der Waals surface area (Å²) in [6.07, 6.45) is 0.240. The van der Waals surface area contributed by atoms with Gasteiger partial charge in [0.25, 0.3) is 5.91 Å². The summed E-state index contributed by atoms with van der Waals surface area (Å²) in [5, 5.41) is 0. The van der Waals surface area contributed by atoms with Gasteiger partial charge < -0.3 is 10.6 Å². The van der Waals surface area contributed by atoms with Crippen LogP contribution in [0.25, 0.3) is 0 Å². The molecule has 2 aromatic carbocycles. The molecule has 0 saturated carbocycles. The van der Waals surface area contributed by atoms with Gasteiger partial charge in [-0.2, -0.15) is 0 Å². The van der Waals surface area contributed by atoms with Gasteiger partial charge in [-0.3, -0.25) is 9.59 Å². The SMILES string of the molecule is NC(=O)CC(CN1Cc2ccccc2C1=O)c1ccccc1. The van der Waals surface area contributed by atoms with Crippen LogP contribution in [0, 0.1) is 0 Å². The Morgan fingerprint density at radius 1 is 1.09 bits per heavy atom. The predicted octanol–water partition coefficient (Wildman–Crippen LogP) is 2.30. The van der Waals surface area contributed by atoms with Gasteiger partial charge in [0.2, 0.25) is 5.91 Å². The number of primary amides is 1. The lowest BCUT2D eigenvalue weighted by molar-refractivity contribution is -0.118. The van der Waals surface area contributed by atoms with E-state index >= 15 is 0 Å². The fourth-order valence-corrected chi connectivity index (χ4v) is 2.98. The summed E-state index contributed by atoms with van der Waals surface area (Å²) in [5.74, 6) is -0.393. The van der Waals surface area contributed by atoms with E-state index in [9.17, 15) is 9.59 Å². The molecule has 2 N–H and O–H groups in total. The highest BCUT2D eigenvalue weighted by atomic mass is 16.2. The van der Waals surface area contributed by atoms with Crippen LogP contribution in [0.1, 0.15) is 33.8 Å². The van der Waals surface area contributed by atoms with Gasteiger partial charge in [0.15, 0.2) is 0 Å². The third-order valence-corrected chi connectivity index (χ3v) is 4.06. The molecule has 1 atom stereocenters. The van der Waals surface area contributed by atoms with E-state index in [1.165, 1.54) is 0 Å². The maximum atomic E-state index is 12.5. The number of fused-ring (bicyclic) bond motifs is 1. The van der Waals surface area contributed by atoms with Crippen molar-refractivity contribution in [3.8, 4) is 0 Å². The van der Waals surface area contributed by atoms with Gasteiger partial charge in [0.05, 0.1) is 0 Å². The second-order valence-electron chi connectivity index (χ2n) is 5.62. The van der Waals surface area contributed by atoms with Gasteiger partial charge in [-0.25, -0.2) is 0 Å². The van der Waals surface area contributed by atoms with E-state index in [0.717, 1.165) is 16.7 Å². The van der Waals surface area contributed by atoms with Crippen LogP contribution in [-0.2, 0) is 11.3 Å². The number of carbonyl (C=O) groups is 2. The molecule has 3 rings (SSSR count). The smallest absolute Gasteiger partial charge is 0.254 e. The Kier molecular flexibility index (Phi) is 3.92. The van der Waals surface area contributed by atoms with E-state index in [0.29, 0.717) is 13.1 Å². The fourth-order valence-electron chi connectivity index (χ4n) is 2.98. The Morgan fingerprint density at radius 3 is 2.45 bits per heavy atom. The minimum absolute atomic E-state index is 0.0287. The van der Waals surface area contributed by atoms with Crippen molar-refractivity contribution in [1.82, 2.24) is 4.90 Å². The third-order valence-electron chi connectivity index (χ3n) is 4.06. The molecule has 0 radical (unpaired) electrons. The van der Waals surface area contributed by atoms with Gasteiger partial charge in [-0.15, -0.1) is 0 Å². The van der Waals surface area contributed by atoms with E-state index in [1.807, 2.05) is 54.6 Å². The van der Waals surface area contributed by atoms with Crippen molar-refractivity contribution < 1.29 is 9.59 Å². The molecule has 0 aliphatic carbocycles. The summed E-state index contributed by atoms with van der Waals surface area (Å²) >= 11 is 0. The molecule has 1 heterocycles. The first-order valence-electron chi connectivity index (χ1n) is 7.35. The standard InChI is InChI=1S/C18H18N2O2/c19-17(21)10-15(13-6-2-1-3-7-13)12-20-11-14-8-4-5-9-16(14)18(20)22/h1-9,15H,10-12H2,(H2,19,21). The molecule has 1 aliphatic heterocycles. The van der Waals surface area contributed by atoms with Crippen molar-refractivity contribution in [3.63, 3.8) is 0 Å². The van der Waals surface area contributed by atoms with Crippen molar-refractivity contribution in [1.29, 1.82) is 0 Å². The second kappa shape index (κ2) is 6.02. The first-order chi connectivity index (χ1) is 10.6. The van der Waals surface area contributed by atoms with Crippen LogP contribution < -0.4 is 5.73 Å². The summed E-state index contributed by atoms with van der Waals surface area (Å²) in [7, 11) is 0. The monoisotopic (exact) mass is 294 g/mol. The highest BCUT2D eigenvalue weighted by Gasteiger charge is 2.29. The summed E-state index contributed by atoms with van der Waals surface area (Å²) in [6.45, 7) is 1.09. The molecule has 0 bridgehead atoms. The van der Waals surface area contributed by atoms with Crippen molar-refractivity contribution in [2.45, 2.75) is 18.9 Å². The largest absolute Gasteiger partial charge is 0.370 e. The molecule has 0 spiro atoms. The quantitative estimate of drug-likeness (QED) is 0.919. The fraction of sp³-hybridized carbons (Fsp3) is 0.222. The molecule has 0 saturated heterocycles. The molecule has 1 aliphatic rings. The van der Waals surface area contributed by atoms with Crippen molar-refractivity contribution in [2.75, 3.05) is 6.54 Å². The Hall–Kier alpha value is -2.62. The first kappa shape index (κ1) is 14.3. The molecule has 112 valence electrons. The second-order valence-corrected chi connectivity index (χ2v) is 5.62. The number of nitrogens with zero attached hydrogens (tertiary/aromatic N) is 1. The molecule has 4 nitrogen and oxygen atoms in total. The van der Waals surface area contributed by atoms with Gasteiger partial charge in [0.1, 0.15) is 0 Å².